The Balaban J connectivity index is 1.97. The van der Waals surface area contributed by atoms with Crippen molar-refractivity contribution in [3.05, 3.63) is 78.5 Å². The summed E-state index contributed by atoms with van der Waals surface area (Å²) in [7, 11) is 0. The average molecular weight is 455 g/mol. The monoisotopic (exact) mass is 454 g/mol. The Morgan fingerprint density at radius 3 is 2.14 bits per heavy atom. The molecule has 0 saturated heterocycles. The molecule has 28 heavy (non-hydrogen) atoms. The normalized spacial score (nSPS) is 11.4. The molecular formula is C18H10BrF3N2O4. The third kappa shape index (κ3) is 3.63. The predicted octanol–water partition coefficient (Wildman–Crippen LogP) is 4.25. The molecule has 0 spiro atoms. The van der Waals surface area contributed by atoms with Crippen molar-refractivity contribution in [1.29, 1.82) is 0 Å². The van der Waals surface area contributed by atoms with E-state index >= 15 is 0 Å². The quantitative estimate of drug-likeness (QED) is 0.498. The van der Waals surface area contributed by atoms with E-state index in [2.05, 4.69) is 26.6 Å². The molecule has 0 amide bonds. The van der Waals surface area contributed by atoms with Crippen LogP contribution in [0.25, 0.3) is 0 Å². The summed E-state index contributed by atoms with van der Waals surface area (Å²) in [6, 6.07) is 8.41. The molecule has 3 aromatic carbocycles. The zero-order chi connectivity index (χ0) is 20.6. The van der Waals surface area contributed by atoms with E-state index in [0.29, 0.717) is 4.47 Å². The second-order valence-corrected chi connectivity index (χ2v) is 6.56. The van der Waals surface area contributed by atoms with Gasteiger partial charge in [-0.05, 0) is 46.3 Å². The third-order valence-corrected chi connectivity index (χ3v) is 4.52. The highest BCUT2D eigenvalue weighted by atomic mass is 79.9. The zero-order valence-corrected chi connectivity index (χ0v) is 15.3. The molecule has 144 valence electrons. The van der Waals surface area contributed by atoms with E-state index in [-0.39, 0.29) is 28.3 Å². The fraction of sp³-hybridized carbons (Fsp3) is 0.0556. The second kappa shape index (κ2) is 7.12. The molecule has 0 unspecified atom stereocenters. The summed E-state index contributed by atoms with van der Waals surface area (Å²) in [5.41, 5.74) is -3.43. The van der Waals surface area contributed by atoms with Crippen molar-refractivity contribution in [3.8, 4) is 0 Å². The Morgan fingerprint density at radius 1 is 0.929 bits per heavy atom. The summed E-state index contributed by atoms with van der Waals surface area (Å²) in [6.07, 6.45) is -4.57. The predicted molar refractivity (Wildman–Crippen MR) is 100 cm³/mol. The Labute approximate surface area is 163 Å². The van der Waals surface area contributed by atoms with E-state index < -0.39 is 28.6 Å². The van der Waals surface area contributed by atoms with E-state index in [4.69, 9.17) is 0 Å². The molecule has 6 nitrogen and oxygen atoms in total. The van der Waals surface area contributed by atoms with Crippen molar-refractivity contribution in [2.45, 2.75) is 6.18 Å². The first kappa shape index (κ1) is 19.6. The minimum absolute atomic E-state index is 0.0363. The van der Waals surface area contributed by atoms with Gasteiger partial charge in [-0.1, -0.05) is 12.1 Å². The summed E-state index contributed by atoms with van der Waals surface area (Å²) in [5.74, 6) is -1.27. The summed E-state index contributed by atoms with van der Waals surface area (Å²) in [6.45, 7) is 0. The van der Waals surface area contributed by atoms with Gasteiger partial charge in [0.2, 0.25) is 0 Å². The number of aromatic carboxylic acids is 1. The molecule has 0 aliphatic carbocycles. The van der Waals surface area contributed by atoms with Gasteiger partial charge in [-0.25, -0.2) is 4.79 Å². The number of halogens is 4. The Bertz CT molecular complexity index is 1150. The first-order valence-electron chi connectivity index (χ1n) is 7.66. The van der Waals surface area contributed by atoms with Gasteiger partial charge in [0.15, 0.2) is 0 Å². The van der Waals surface area contributed by atoms with Gasteiger partial charge in [0.1, 0.15) is 11.4 Å². The van der Waals surface area contributed by atoms with Gasteiger partial charge in [-0.15, -0.1) is 0 Å². The average Bonchev–Trinajstić information content (AvgIpc) is 2.64. The second-order valence-electron chi connectivity index (χ2n) is 5.70. The fourth-order valence-corrected chi connectivity index (χ4v) is 2.97. The maximum absolute atomic E-state index is 12.8. The molecule has 10 heteroatoms. The molecule has 3 N–H and O–H groups in total. The van der Waals surface area contributed by atoms with Crippen molar-refractivity contribution in [3.63, 3.8) is 0 Å². The van der Waals surface area contributed by atoms with Crippen molar-refractivity contribution >= 4 is 44.6 Å². The van der Waals surface area contributed by atoms with Gasteiger partial charge in [0.25, 0.3) is 10.9 Å². The lowest BCUT2D eigenvalue weighted by atomic mass is 10.1. The van der Waals surface area contributed by atoms with Crippen LogP contribution in [-0.2, 0) is 6.18 Å². The standard InChI is InChI=1S/C18H10BrF3N2O4/c19-11-6-2-5-10(17(27)28)12(11)24-14-13(15(25)16(14)26)23-9-4-1-3-8(7-9)18(20,21)22/h1-7,23-24H,(H,27,28). The number of benzene rings is 2. The molecular weight excluding hydrogens is 445 g/mol. The van der Waals surface area contributed by atoms with Gasteiger partial charge < -0.3 is 15.7 Å². The number of hydrogen-bond acceptors (Lipinski definition) is 5. The minimum atomic E-state index is -4.57. The fourth-order valence-electron chi connectivity index (χ4n) is 2.50. The lowest BCUT2D eigenvalue weighted by Gasteiger charge is -2.17. The van der Waals surface area contributed by atoms with Crippen molar-refractivity contribution in [1.82, 2.24) is 0 Å². The Hall–Kier alpha value is -3.14. The minimum Gasteiger partial charge on any atom is -0.478 e. The summed E-state index contributed by atoms with van der Waals surface area (Å²) < 4.78 is 38.8. The van der Waals surface area contributed by atoms with E-state index in [1.807, 2.05) is 0 Å². The number of anilines is 4. The topological polar surface area (TPSA) is 95.5 Å². The van der Waals surface area contributed by atoms with E-state index in [9.17, 15) is 32.7 Å². The molecule has 0 aliphatic rings. The van der Waals surface area contributed by atoms with Crippen LogP contribution in [0.5, 0.6) is 0 Å². The zero-order valence-electron chi connectivity index (χ0n) is 13.7. The highest BCUT2D eigenvalue weighted by Gasteiger charge is 2.31. The van der Waals surface area contributed by atoms with Crippen LogP contribution >= 0.6 is 15.9 Å². The van der Waals surface area contributed by atoms with Crippen LogP contribution in [0.3, 0.4) is 0 Å². The van der Waals surface area contributed by atoms with Crippen molar-refractivity contribution in [2.75, 3.05) is 10.6 Å². The lowest BCUT2D eigenvalue weighted by Crippen LogP contribution is -2.36. The number of carboxylic acid groups (broad SMARTS) is 1. The van der Waals surface area contributed by atoms with Crippen molar-refractivity contribution in [2.24, 2.45) is 0 Å². The summed E-state index contributed by atoms with van der Waals surface area (Å²) in [4.78, 5) is 35.2. The number of nitrogens with one attached hydrogen (secondary N) is 2. The van der Waals surface area contributed by atoms with Gasteiger partial charge in [0, 0.05) is 10.2 Å². The van der Waals surface area contributed by atoms with Crippen LogP contribution in [0.15, 0.2) is 56.5 Å². The molecule has 0 radical (unpaired) electrons. The lowest BCUT2D eigenvalue weighted by molar-refractivity contribution is -0.137. The third-order valence-electron chi connectivity index (χ3n) is 3.86. The van der Waals surface area contributed by atoms with Crippen LogP contribution in [-0.4, -0.2) is 11.1 Å². The molecule has 3 aromatic rings. The molecule has 0 aliphatic heterocycles. The molecule has 0 saturated carbocycles. The largest absolute Gasteiger partial charge is 0.478 e. The number of para-hydroxylation sites is 1. The first-order chi connectivity index (χ1) is 13.1. The highest BCUT2D eigenvalue weighted by Crippen LogP contribution is 2.34. The maximum atomic E-state index is 12.8. The number of alkyl halides is 3. The van der Waals surface area contributed by atoms with E-state index in [1.54, 1.807) is 0 Å². The molecule has 0 aromatic heterocycles. The van der Waals surface area contributed by atoms with Gasteiger partial charge in [-0.3, -0.25) is 9.59 Å². The molecule has 0 heterocycles. The SMILES string of the molecule is O=C(O)c1cccc(Br)c1Nc1c(Nc2cccc(C(F)(F)F)c2)c(=O)c1=O. The maximum Gasteiger partial charge on any atom is 0.416 e. The van der Waals surface area contributed by atoms with Crippen LogP contribution in [0.4, 0.5) is 35.9 Å². The molecule has 0 bridgehead atoms. The van der Waals surface area contributed by atoms with Crippen LogP contribution in [0, 0.1) is 0 Å². The summed E-state index contributed by atoms with van der Waals surface area (Å²) in [5, 5.41) is 14.4. The van der Waals surface area contributed by atoms with Crippen LogP contribution in [0.1, 0.15) is 15.9 Å². The molecule has 3 rings (SSSR count). The summed E-state index contributed by atoms with van der Waals surface area (Å²) >= 11 is 3.16. The molecule has 0 atom stereocenters. The Morgan fingerprint density at radius 2 is 1.54 bits per heavy atom. The Kier molecular flexibility index (Phi) is 4.99. The van der Waals surface area contributed by atoms with Crippen molar-refractivity contribution < 1.29 is 23.1 Å². The molecule has 0 fully saturated rings. The van der Waals surface area contributed by atoms with Gasteiger partial charge >= 0.3 is 12.1 Å². The first-order valence-corrected chi connectivity index (χ1v) is 8.45. The van der Waals surface area contributed by atoms with Gasteiger partial charge in [0.05, 0.1) is 16.8 Å². The van der Waals surface area contributed by atoms with Crippen LogP contribution in [0.2, 0.25) is 0 Å². The number of carboxylic acids is 1. The van der Waals surface area contributed by atoms with E-state index in [1.165, 1.54) is 24.3 Å². The number of rotatable bonds is 5. The number of hydrogen-bond donors (Lipinski definition) is 3. The smallest absolute Gasteiger partial charge is 0.416 e. The number of carbonyl (C=O) groups is 1. The van der Waals surface area contributed by atoms with E-state index in [0.717, 1.165) is 18.2 Å². The van der Waals surface area contributed by atoms with Gasteiger partial charge in [-0.2, -0.15) is 13.2 Å². The highest BCUT2D eigenvalue weighted by molar-refractivity contribution is 9.10. The van der Waals surface area contributed by atoms with Crippen LogP contribution < -0.4 is 21.5 Å².